The lowest BCUT2D eigenvalue weighted by Gasteiger charge is -2.24. The fourth-order valence-electron chi connectivity index (χ4n) is 3.06. The van der Waals surface area contributed by atoms with Crippen molar-refractivity contribution in [2.24, 2.45) is 17.4 Å². The molecular formula is C21H30N2. The average molecular weight is 310 g/mol. The van der Waals surface area contributed by atoms with Gasteiger partial charge in [0.15, 0.2) is 0 Å². The van der Waals surface area contributed by atoms with Crippen LogP contribution in [0, 0.1) is 5.92 Å². The SMILES string of the molecule is CC1CCCCC1.NC1=CC=CC(N)(C=Cc2ccccc2)C1. The van der Waals surface area contributed by atoms with Crippen molar-refractivity contribution < 1.29 is 0 Å². The van der Waals surface area contributed by atoms with Crippen LogP contribution in [0.1, 0.15) is 51.0 Å². The van der Waals surface area contributed by atoms with E-state index in [4.69, 9.17) is 11.5 Å². The summed E-state index contributed by atoms with van der Waals surface area (Å²) in [6.45, 7) is 2.36. The van der Waals surface area contributed by atoms with Crippen molar-refractivity contribution in [2.75, 3.05) is 0 Å². The molecule has 3 rings (SSSR count). The molecule has 2 aliphatic rings. The van der Waals surface area contributed by atoms with Crippen LogP contribution >= 0.6 is 0 Å². The molecular weight excluding hydrogens is 280 g/mol. The Bertz CT molecular complexity index is 550. The van der Waals surface area contributed by atoms with Gasteiger partial charge >= 0.3 is 0 Å². The molecule has 0 aromatic heterocycles. The Morgan fingerprint density at radius 1 is 1.09 bits per heavy atom. The fraction of sp³-hybridized carbons (Fsp3) is 0.429. The molecule has 0 radical (unpaired) electrons. The first kappa shape index (κ1) is 17.6. The number of benzene rings is 1. The largest absolute Gasteiger partial charge is 0.402 e. The first-order valence-electron chi connectivity index (χ1n) is 8.74. The third kappa shape index (κ3) is 6.45. The molecule has 0 heterocycles. The number of nitrogens with two attached hydrogens (primary N) is 2. The van der Waals surface area contributed by atoms with Gasteiger partial charge in [-0.15, -0.1) is 0 Å². The minimum atomic E-state index is -0.450. The topological polar surface area (TPSA) is 52.0 Å². The highest BCUT2D eigenvalue weighted by Crippen LogP contribution is 2.22. The lowest BCUT2D eigenvalue weighted by Crippen LogP contribution is -2.37. The lowest BCUT2D eigenvalue weighted by molar-refractivity contribution is 0.385. The highest BCUT2D eigenvalue weighted by Gasteiger charge is 2.20. The van der Waals surface area contributed by atoms with Crippen LogP contribution in [0.5, 0.6) is 0 Å². The Balaban J connectivity index is 0.000000229. The quantitative estimate of drug-likeness (QED) is 0.825. The molecule has 0 bridgehead atoms. The maximum Gasteiger partial charge on any atom is 0.0586 e. The number of hydrogen-bond acceptors (Lipinski definition) is 2. The summed E-state index contributed by atoms with van der Waals surface area (Å²) in [6, 6.07) is 10.1. The van der Waals surface area contributed by atoms with Crippen LogP contribution in [0.15, 0.2) is 60.3 Å². The van der Waals surface area contributed by atoms with Crippen molar-refractivity contribution >= 4 is 6.08 Å². The molecule has 1 saturated carbocycles. The maximum absolute atomic E-state index is 6.20. The summed E-state index contributed by atoms with van der Waals surface area (Å²) in [5, 5.41) is 0. The second-order valence-electron chi connectivity index (χ2n) is 6.88. The van der Waals surface area contributed by atoms with Crippen molar-refractivity contribution in [1.82, 2.24) is 0 Å². The Hall–Kier alpha value is -1.80. The van der Waals surface area contributed by atoms with E-state index >= 15 is 0 Å². The average Bonchev–Trinajstić information content (AvgIpc) is 2.55. The Kier molecular flexibility index (Phi) is 6.66. The monoisotopic (exact) mass is 310 g/mol. The van der Waals surface area contributed by atoms with E-state index in [0.717, 1.165) is 17.2 Å². The van der Waals surface area contributed by atoms with E-state index in [2.05, 4.69) is 6.92 Å². The van der Waals surface area contributed by atoms with Gasteiger partial charge in [0.25, 0.3) is 0 Å². The highest BCUT2D eigenvalue weighted by molar-refractivity contribution is 5.52. The van der Waals surface area contributed by atoms with Crippen LogP contribution in [0.2, 0.25) is 0 Å². The van der Waals surface area contributed by atoms with Gasteiger partial charge in [0.1, 0.15) is 0 Å². The molecule has 0 aliphatic heterocycles. The third-order valence-corrected chi connectivity index (χ3v) is 4.51. The number of rotatable bonds is 2. The van der Waals surface area contributed by atoms with Gasteiger partial charge in [-0.1, -0.05) is 93.7 Å². The van der Waals surface area contributed by atoms with Gasteiger partial charge in [-0.25, -0.2) is 0 Å². The predicted octanol–water partition coefficient (Wildman–Crippen LogP) is 4.79. The van der Waals surface area contributed by atoms with Crippen molar-refractivity contribution in [1.29, 1.82) is 0 Å². The van der Waals surface area contributed by atoms with E-state index in [9.17, 15) is 0 Å². The van der Waals surface area contributed by atoms with Crippen molar-refractivity contribution in [3.05, 3.63) is 65.9 Å². The molecule has 1 atom stereocenters. The van der Waals surface area contributed by atoms with E-state index in [-0.39, 0.29) is 0 Å². The molecule has 2 heteroatoms. The standard InChI is InChI=1S/C14H16N2.C7H14/c15-13-7-4-9-14(16,11-13)10-8-12-5-2-1-3-6-12;1-7-5-3-2-4-6-7/h1-10H,11,15-16H2;7H,2-6H2,1H3. The molecule has 2 aliphatic carbocycles. The molecule has 124 valence electrons. The van der Waals surface area contributed by atoms with Gasteiger partial charge in [0, 0.05) is 12.1 Å². The minimum absolute atomic E-state index is 0.450. The highest BCUT2D eigenvalue weighted by atomic mass is 14.7. The second-order valence-corrected chi connectivity index (χ2v) is 6.88. The van der Waals surface area contributed by atoms with Gasteiger partial charge in [-0.2, -0.15) is 0 Å². The Morgan fingerprint density at radius 2 is 1.78 bits per heavy atom. The normalized spacial score (nSPS) is 24.9. The van der Waals surface area contributed by atoms with Gasteiger partial charge < -0.3 is 11.5 Å². The summed E-state index contributed by atoms with van der Waals surface area (Å²) in [6.07, 6.45) is 17.9. The predicted molar refractivity (Wildman–Crippen MR) is 101 cm³/mol. The molecule has 23 heavy (non-hydrogen) atoms. The molecule has 1 unspecified atom stereocenters. The number of hydrogen-bond donors (Lipinski definition) is 2. The Morgan fingerprint density at radius 3 is 2.35 bits per heavy atom. The van der Waals surface area contributed by atoms with Crippen molar-refractivity contribution in [3.63, 3.8) is 0 Å². The smallest absolute Gasteiger partial charge is 0.0586 e. The molecule has 0 spiro atoms. The van der Waals surface area contributed by atoms with Crippen molar-refractivity contribution in [3.8, 4) is 0 Å². The maximum atomic E-state index is 6.20. The third-order valence-electron chi connectivity index (χ3n) is 4.51. The second kappa shape index (κ2) is 8.73. The van der Waals surface area contributed by atoms with Crippen LogP contribution in [0.25, 0.3) is 6.08 Å². The van der Waals surface area contributed by atoms with E-state index in [1.54, 1.807) is 0 Å². The van der Waals surface area contributed by atoms with Gasteiger partial charge in [-0.05, 0) is 17.6 Å². The molecule has 1 aromatic rings. The molecule has 0 saturated heterocycles. The van der Waals surface area contributed by atoms with Crippen LogP contribution in [0.3, 0.4) is 0 Å². The number of allylic oxidation sites excluding steroid dienone is 2. The first-order valence-corrected chi connectivity index (χ1v) is 8.74. The molecule has 4 N–H and O–H groups in total. The molecule has 2 nitrogen and oxygen atoms in total. The van der Waals surface area contributed by atoms with E-state index in [0.29, 0.717) is 6.42 Å². The first-order chi connectivity index (χ1) is 11.1. The van der Waals surface area contributed by atoms with Crippen LogP contribution in [-0.2, 0) is 0 Å². The van der Waals surface area contributed by atoms with Crippen LogP contribution < -0.4 is 11.5 Å². The minimum Gasteiger partial charge on any atom is -0.402 e. The summed E-state index contributed by atoms with van der Waals surface area (Å²) in [4.78, 5) is 0. The van der Waals surface area contributed by atoms with E-state index in [1.165, 1.54) is 32.1 Å². The molecule has 1 fully saturated rings. The van der Waals surface area contributed by atoms with Crippen LogP contribution in [0.4, 0.5) is 0 Å². The zero-order chi connectivity index (χ0) is 16.5. The Labute approximate surface area is 141 Å². The summed E-state index contributed by atoms with van der Waals surface area (Å²) in [5.74, 6) is 1.04. The summed E-state index contributed by atoms with van der Waals surface area (Å²) in [7, 11) is 0. The van der Waals surface area contributed by atoms with E-state index < -0.39 is 5.54 Å². The van der Waals surface area contributed by atoms with Gasteiger partial charge in [0.2, 0.25) is 0 Å². The van der Waals surface area contributed by atoms with Gasteiger partial charge in [-0.3, -0.25) is 0 Å². The zero-order valence-electron chi connectivity index (χ0n) is 14.2. The summed E-state index contributed by atoms with van der Waals surface area (Å²) >= 11 is 0. The fourth-order valence-corrected chi connectivity index (χ4v) is 3.06. The summed E-state index contributed by atoms with van der Waals surface area (Å²) in [5.41, 5.74) is 13.5. The van der Waals surface area contributed by atoms with Crippen molar-refractivity contribution in [2.45, 2.75) is 51.0 Å². The van der Waals surface area contributed by atoms with E-state index in [1.807, 2.05) is 60.7 Å². The zero-order valence-corrected chi connectivity index (χ0v) is 14.2. The molecule has 0 amide bonds. The van der Waals surface area contributed by atoms with Crippen LogP contribution in [-0.4, -0.2) is 5.54 Å². The molecule has 1 aromatic carbocycles. The summed E-state index contributed by atoms with van der Waals surface area (Å²) < 4.78 is 0. The lowest BCUT2D eigenvalue weighted by atomic mass is 9.89. The van der Waals surface area contributed by atoms with Gasteiger partial charge in [0.05, 0.1) is 5.54 Å².